The van der Waals surface area contributed by atoms with Crippen LogP contribution in [0.4, 0.5) is 5.82 Å². The van der Waals surface area contributed by atoms with Crippen LogP contribution < -0.4 is 5.73 Å². The van der Waals surface area contributed by atoms with E-state index in [-0.39, 0.29) is 23.3 Å². The van der Waals surface area contributed by atoms with Gasteiger partial charge in [0.15, 0.2) is 0 Å². The molecule has 8 heteroatoms. The van der Waals surface area contributed by atoms with E-state index in [0.717, 1.165) is 0 Å². The lowest BCUT2D eigenvalue weighted by atomic mass is 10.2. The predicted octanol–water partition coefficient (Wildman–Crippen LogP) is -0.651. The molecule has 1 aromatic rings. The third-order valence-electron chi connectivity index (χ3n) is 3.28. The van der Waals surface area contributed by atoms with E-state index in [9.17, 15) is 13.5 Å². The monoisotopic (exact) mass is 300 g/mol. The molecule has 0 aliphatic carbocycles. The Morgan fingerprint density at radius 3 is 2.75 bits per heavy atom. The van der Waals surface area contributed by atoms with Gasteiger partial charge in [-0.05, 0) is 32.6 Å². The first kappa shape index (κ1) is 15.2. The van der Waals surface area contributed by atoms with Gasteiger partial charge in [-0.15, -0.1) is 0 Å². The minimum atomic E-state index is -3.65. The highest BCUT2D eigenvalue weighted by molar-refractivity contribution is 7.89. The summed E-state index contributed by atoms with van der Waals surface area (Å²) in [6, 6.07) is 2.66. The summed E-state index contributed by atoms with van der Waals surface area (Å²) in [5, 5.41) is 9.78. The summed E-state index contributed by atoms with van der Waals surface area (Å²) in [4.78, 5) is 5.83. The van der Waals surface area contributed by atoms with Gasteiger partial charge >= 0.3 is 0 Å². The number of hydrogen-bond acceptors (Lipinski definition) is 6. The Morgan fingerprint density at radius 1 is 1.50 bits per heavy atom. The maximum Gasteiger partial charge on any atom is 0.244 e. The zero-order chi connectivity index (χ0) is 14.9. The molecule has 1 aliphatic heterocycles. The topological polar surface area (TPSA) is 99.8 Å². The van der Waals surface area contributed by atoms with Gasteiger partial charge in [-0.2, -0.15) is 4.31 Å². The average molecular weight is 300 g/mol. The average Bonchev–Trinajstić information content (AvgIpc) is 2.70. The molecule has 1 fully saturated rings. The van der Waals surface area contributed by atoms with Crippen LogP contribution in [0.25, 0.3) is 0 Å². The lowest BCUT2D eigenvalue weighted by molar-refractivity contribution is 0.188. The summed E-state index contributed by atoms with van der Waals surface area (Å²) < 4.78 is 26.5. The number of aromatic nitrogens is 1. The number of anilines is 1. The SMILES string of the molecule is CN(C)CC1CC(O)CN1S(=O)(=O)c1ccc(N)nc1. The molecule has 2 rings (SSSR count). The number of pyridine rings is 1. The van der Waals surface area contributed by atoms with Crippen molar-refractivity contribution < 1.29 is 13.5 Å². The number of hydrogen-bond donors (Lipinski definition) is 2. The molecule has 0 spiro atoms. The molecular weight excluding hydrogens is 280 g/mol. The van der Waals surface area contributed by atoms with Crippen molar-refractivity contribution >= 4 is 15.8 Å². The van der Waals surface area contributed by atoms with Gasteiger partial charge in [-0.25, -0.2) is 13.4 Å². The molecule has 1 aliphatic rings. The van der Waals surface area contributed by atoms with Gasteiger partial charge in [0.2, 0.25) is 10.0 Å². The van der Waals surface area contributed by atoms with Gasteiger partial charge in [0.05, 0.1) is 6.10 Å². The summed E-state index contributed by atoms with van der Waals surface area (Å²) >= 11 is 0. The lowest BCUT2D eigenvalue weighted by Gasteiger charge is -2.26. The second kappa shape index (κ2) is 5.65. The Hall–Kier alpha value is -1.22. The molecule has 0 bridgehead atoms. The molecule has 1 saturated heterocycles. The summed E-state index contributed by atoms with van der Waals surface area (Å²) in [5.41, 5.74) is 5.47. The number of aliphatic hydroxyl groups excluding tert-OH is 1. The smallest absolute Gasteiger partial charge is 0.244 e. The van der Waals surface area contributed by atoms with Crippen LogP contribution >= 0.6 is 0 Å². The summed E-state index contributed by atoms with van der Waals surface area (Å²) in [5.74, 6) is 0.273. The van der Waals surface area contributed by atoms with Crippen molar-refractivity contribution in [2.75, 3.05) is 32.9 Å². The second-order valence-corrected chi connectivity index (χ2v) is 7.19. The number of aliphatic hydroxyl groups is 1. The summed E-state index contributed by atoms with van der Waals surface area (Å²) in [6.45, 7) is 0.684. The van der Waals surface area contributed by atoms with Gasteiger partial charge in [0.1, 0.15) is 10.7 Å². The first-order chi connectivity index (χ1) is 9.30. The van der Waals surface area contributed by atoms with Crippen molar-refractivity contribution in [2.24, 2.45) is 0 Å². The molecule has 2 heterocycles. The minimum absolute atomic E-state index is 0.101. The molecule has 3 N–H and O–H groups in total. The van der Waals surface area contributed by atoms with E-state index in [2.05, 4.69) is 4.98 Å². The number of likely N-dealkylation sites (N-methyl/N-ethyl adjacent to an activating group) is 1. The Balaban J connectivity index is 2.29. The van der Waals surface area contributed by atoms with Crippen LogP contribution in [0.1, 0.15) is 6.42 Å². The van der Waals surface area contributed by atoms with E-state index < -0.39 is 16.1 Å². The number of nitrogens with two attached hydrogens (primary N) is 1. The fraction of sp³-hybridized carbons (Fsp3) is 0.583. The second-order valence-electron chi connectivity index (χ2n) is 5.30. The van der Waals surface area contributed by atoms with Gasteiger partial charge in [0.25, 0.3) is 0 Å². The zero-order valence-electron chi connectivity index (χ0n) is 11.6. The molecule has 1 aromatic heterocycles. The van der Waals surface area contributed by atoms with Crippen LogP contribution in [0.15, 0.2) is 23.2 Å². The van der Waals surface area contributed by atoms with E-state index in [0.29, 0.717) is 13.0 Å². The number of nitrogen functional groups attached to an aromatic ring is 1. The predicted molar refractivity (Wildman–Crippen MR) is 75.5 cm³/mol. The first-order valence-electron chi connectivity index (χ1n) is 6.37. The fourth-order valence-corrected chi connectivity index (χ4v) is 4.03. The number of rotatable bonds is 4. The maximum atomic E-state index is 12.6. The van der Waals surface area contributed by atoms with Crippen molar-refractivity contribution in [1.82, 2.24) is 14.2 Å². The molecule has 0 aromatic carbocycles. The Bertz CT molecular complexity index is 559. The highest BCUT2D eigenvalue weighted by Gasteiger charge is 2.39. The quantitative estimate of drug-likeness (QED) is 0.766. The molecule has 2 atom stereocenters. The Morgan fingerprint density at radius 2 is 2.20 bits per heavy atom. The van der Waals surface area contributed by atoms with E-state index in [1.807, 2.05) is 19.0 Å². The Labute approximate surface area is 119 Å². The fourth-order valence-electron chi connectivity index (χ4n) is 2.42. The molecule has 112 valence electrons. The summed E-state index contributed by atoms with van der Waals surface area (Å²) in [7, 11) is 0.0960. The van der Waals surface area contributed by atoms with Crippen LogP contribution in [0.5, 0.6) is 0 Å². The normalized spacial score (nSPS) is 24.4. The molecule has 0 radical (unpaired) electrons. The molecule has 0 amide bonds. The number of nitrogens with zero attached hydrogens (tertiary/aromatic N) is 3. The van der Waals surface area contributed by atoms with Crippen LogP contribution in [-0.4, -0.2) is 67.0 Å². The van der Waals surface area contributed by atoms with Gasteiger partial charge in [-0.1, -0.05) is 0 Å². The van der Waals surface area contributed by atoms with Gasteiger partial charge in [-0.3, -0.25) is 0 Å². The lowest BCUT2D eigenvalue weighted by Crippen LogP contribution is -2.41. The van der Waals surface area contributed by atoms with Crippen molar-refractivity contribution in [1.29, 1.82) is 0 Å². The standard InChI is InChI=1S/C12H20N4O3S/c1-15(2)7-9-5-10(17)8-16(9)20(18,19)11-3-4-12(13)14-6-11/h3-4,6,9-10,17H,5,7-8H2,1-2H3,(H2,13,14). The van der Waals surface area contributed by atoms with Crippen LogP contribution in [-0.2, 0) is 10.0 Å². The van der Waals surface area contributed by atoms with Crippen molar-refractivity contribution in [2.45, 2.75) is 23.5 Å². The van der Waals surface area contributed by atoms with E-state index in [1.165, 1.54) is 22.6 Å². The van der Waals surface area contributed by atoms with Crippen LogP contribution in [0.2, 0.25) is 0 Å². The Kier molecular flexibility index (Phi) is 4.28. The molecule has 2 unspecified atom stereocenters. The van der Waals surface area contributed by atoms with Crippen LogP contribution in [0, 0.1) is 0 Å². The van der Waals surface area contributed by atoms with Crippen molar-refractivity contribution in [3.8, 4) is 0 Å². The highest BCUT2D eigenvalue weighted by Crippen LogP contribution is 2.26. The number of β-amino-alcohol motifs (C(OH)–C–C–N with tert-alkyl or cyclic N) is 1. The zero-order valence-corrected chi connectivity index (χ0v) is 12.4. The van der Waals surface area contributed by atoms with Crippen LogP contribution in [0.3, 0.4) is 0 Å². The van der Waals surface area contributed by atoms with Gasteiger partial charge in [0, 0.05) is 25.3 Å². The van der Waals surface area contributed by atoms with E-state index in [1.54, 1.807) is 0 Å². The molecule has 0 saturated carbocycles. The third kappa shape index (κ3) is 3.09. The third-order valence-corrected chi connectivity index (χ3v) is 5.19. The molecule has 20 heavy (non-hydrogen) atoms. The van der Waals surface area contributed by atoms with E-state index >= 15 is 0 Å². The largest absolute Gasteiger partial charge is 0.392 e. The van der Waals surface area contributed by atoms with Crippen molar-refractivity contribution in [3.05, 3.63) is 18.3 Å². The minimum Gasteiger partial charge on any atom is -0.392 e. The number of sulfonamides is 1. The maximum absolute atomic E-state index is 12.6. The molecular formula is C12H20N4O3S. The molecule has 7 nitrogen and oxygen atoms in total. The van der Waals surface area contributed by atoms with Gasteiger partial charge < -0.3 is 15.7 Å². The first-order valence-corrected chi connectivity index (χ1v) is 7.81. The van der Waals surface area contributed by atoms with E-state index in [4.69, 9.17) is 5.73 Å². The van der Waals surface area contributed by atoms with Crippen molar-refractivity contribution in [3.63, 3.8) is 0 Å². The summed E-state index contributed by atoms with van der Waals surface area (Å²) in [6.07, 6.45) is 1.07. The highest BCUT2D eigenvalue weighted by atomic mass is 32.2.